The molecule has 1 aromatic rings. The summed E-state index contributed by atoms with van der Waals surface area (Å²) in [5.74, 6) is 0. The van der Waals surface area contributed by atoms with Gasteiger partial charge < -0.3 is 10.2 Å². The number of rotatable bonds is 5. The molecule has 1 N–H and O–H groups in total. The minimum atomic E-state index is 0.740. The Labute approximate surface area is 122 Å². The number of hydrogen-bond acceptors (Lipinski definition) is 3. The summed E-state index contributed by atoms with van der Waals surface area (Å²) in [5, 5.41) is 8.29. The van der Waals surface area contributed by atoms with Gasteiger partial charge in [-0.2, -0.15) is 5.10 Å². The second-order valence-corrected chi connectivity index (χ2v) is 6.68. The summed E-state index contributed by atoms with van der Waals surface area (Å²) >= 11 is 0. The van der Waals surface area contributed by atoms with Crippen LogP contribution in [0.1, 0.15) is 43.5 Å². The first-order chi connectivity index (χ1) is 9.63. The van der Waals surface area contributed by atoms with Crippen LogP contribution >= 0.6 is 0 Å². The fourth-order valence-corrected chi connectivity index (χ4v) is 4.01. The molecule has 0 aliphatic carbocycles. The second kappa shape index (κ2) is 5.86. The lowest BCUT2D eigenvalue weighted by Gasteiger charge is -2.36. The Kier molecular flexibility index (Phi) is 4.13. The third-order valence-electron chi connectivity index (χ3n) is 5.18. The summed E-state index contributed by atoms with van der Waals surface area (Å²) < 4.78 is 2.13. The Morgan fingerprint density at radius 1 is 1.25 bits per heavy atom. The largest absolute Gasteiger partial charge is 0.314 e. The van der Waals surface area contributed by atoms with Gasteiger partial charge in [0.05, 0.1) is 5.69 Å². The highest BCUT2D eigenvalue weighted by atomic mass is 15.3. The van der Waals surface area contributed by atoms with E-state index in [4.69, 9.17) is 0 Å². The van der Waals surface area contributed by atoms with Gasteiger partial charge >= 0.3 is 0 Å². The summed E-state index contributed by atoms with van der Waals surface area (Å²) in [6, 6.07) is 4.57. The Bertz CT molecular complexity index is 439. The Hall–Kier alpha value is -0.870. The SMILES string of the molecule is Cc1cc(C)n(CCCNC2CC3CCC(C2)N3C)n1. The van der Waals surface area contributed by atoms with Crippen molar-refractivity contribution in [3.8, 4) is 0 Å². The highest BCUT2D eigenvalue weighted by Gasteiger charge is 2.37. The summed E-state index contributed by atoms with van der Waals surface area (Å²) in [6.45, 7) is 6.36. The molecule has 3 heterocycles. The zero-order chi connectivity index (χ0) is 14.1. The van der Waals surface area contributed by atoms with Gasteiger partial charge in [-0.25, -0.2) is 0 Å². The van der Waals surface area contributed by atoms with Gasteiger partial charge in [-0.15, -0.1) is 0 Å². The molecule has 112 valence electrons. The first-order valence-electron chi connectivity index (χ1n) is 8.10. The van der Waals surface area contributed by atoms with Crippen molar-refractivity contribution < 1.29 is 0 Å². The fourth-order valence-electron chi connectivity index (χ4n) is 4.01. The van der Waals surface area contributed by atoms with Crippen LogP contribution in [-0.2, 0) is 6.54 Å². The molecule has 2 bridgehead atoms. The van der Waals surface area contributed by atoms with E-state index in [1.165, 1.54) is 37.8 Å². The first kappa shape index (κ1) is 14.1. The highest BCUT2D eigenvalue weighted by molar-refractivity contribution is 5.06. The molecule has 1 aromatic heterocycles. The molecule has 2 atom stereocenters. The predicted molar refractivity (Wildman–Crippen MR) is 81.9 cm³/mol. The molecule has 0 radical (unpaired) electrons. The van der Waals surface area contributed by atoms with Gasteiger partial charge in [0.1, 0.15) is 0 Å². The van der Waals surface area contributed by atoms with E-state index in [9.17, 15) is 0 Å². The molecule has 0 aromatic carbocycles. The molecule has 0 amide bonds. The van der Waals surface area contributed by atoms with Gasteiger partial charge in [0.2, 0.25) is 0 Å². The van der Waals surface area contributed by atoms with Crippen molar-refractivity contribution in [1.29, 1.82) is 0 Å². The molecular weight excluding hydrogens is 248 g/mol. The standard InChI is InChI=1S/C16H28N4/c1-12-9-13(2)20(18-12)8-4-7-17-14-10-15-5-6-16(11-14)19(15)3/h9,14-17H,4-8,10-11H2,1-3H3. The number of nitrogens with zero attached hydrogens (tertiary/aromatic N) is 3. The summed E-state index contributed by atoms with van der Waals surface area (Å²) in [6.07, 6.45) is 6.67. The molecule has 2 unspecified atom stereocenters. The van der Waals surface area contributed by atoms with Crippen molar-refractivity contribution >= 4 is 0 Å². The summed E-state index contributed by atoms with van der Waals surface area (Å²) in [7, 11) is 2.31. The van der Waals surface area contributed by atoms with Crippen molar-refractivity contribution in [2.75, 3.05) is 13.6 Å². The van der Waals surface area contributed by atoms with Crippen LogP contribution in [0.15, 0.2) is 6.07 Å². The normalized spacial score (nSPS) is 30.1. The van der Waals surface area contributed by atoms with Gasteiger partial charge in [-0.3, -0.25) is 4.68 Å². The van der Waals surface area contributed by atoms with Gasteiger partial charge in [-0.05, 0) is 65.6 Å². The molecule has 4 heteroatoms. The third kappa shape index (κ3) is 2.91. The van der Waals surface area contributed by atoms with Crippen LogP contribution in [0.4, 0.5) is 0 Å². The third-order valence-corrected chi connectivity index (χ3v) is 5.18. The van der Waals surface area contributed by atoms with E-state index in [1.54, 1.807) is 0 Å². The Balaban J connectivity index is 1.39. The summed E-state index contributed by atoms with van der Waals surface area (Å²) in [5.41, 5.74) is 2.40. The van der Waals surface area contributed by atoms with E-state index < -0.39 is 0 Å². The van der Waals surface area contributed by atoms with E-state index in [1.807, 2.05) is 0 Å². The minimum absolute atomic E-state index is 0.740. The molecule has 0 saturated carbocycles. The lowest BCUT2D eigenvalue weighted by Crippen LogP contribution is -2.47. The molecular formula is C16H28N4. The smallest absolute Gasteiger partial charge is 0.0596 e. The number of hydrogen-bond donors (Lipinski definition) is 1. The van der Waals surface area contributed by atoms with Crippen LogP contribution in [-0.4, -0.2) is 46.4 Å². The number of aryl methyl sites for hydroxylation is 3. The van der Waals surface area contributed by atoms with E-state index in [0.717, 1.165) is 36.9 Å². The van der Waals surface area contributed by atoms with Crippen LogP contribution in [0, 0.1) is 13.8 Å². The van der Waals surface area contributed by atoms with Crippen LogP contribution in [0.2, 0.25) is 0 Å². The quantitative estimate of drug-likeness (QED) is 0.836. The van der Waals surface area contributed by atoms with Crippen LogP contribution < -0.4 is 5.32 Å². The number of fused-ring (bicyclic) bond motifs is 2. The van der Waals surface area contributed by atoms with E-state index >= 15 is 0 Å². The van der Waals surface area contributed by atoms with Gasteiger partial charge in [0.25, 0.3) is 0 Å². The molecule has 2 fully saturated rings. The maximum Gasteiger partial charge on any atom is 0.0596 e. The average molecular weight is 276 g/mol. The molecule has 20 heavy (non-hydrogen) atoms. The van der Waals surface area contributed by atoms with E-state index in [0.29, 0.717) is 0 Å². The van der Waals surface area contributed by atoms with Crippen LogP contribution in [0.25, 0.3) is 0 Å². The molecule has 2 aliphatic heterocycles. The van der Waals surface area contributed by atoms with Crippen molar-refractivity contribution in [2.45, 2.75) is 70.6 Å². The van der Waals surface area contributed by atoms with Crippen molar-refractivity contribution in [2.24, 2.45) is 0 Å². The van der Waals surface area contributed by atoms with Gasteiger partial charge in [0, 0.05) is 30.4 Å². The lowest BCUT2D eigenvalue weighted by molar-refractivity contribution is 0.148. The topological polar surface area (TPSA) is 33.1 Å². The first-order valence-corrected chi connectivity index (χ1v) is 8.10. The Morgan fingerprint density at radius 2 is 1.95 bits per heavy atom. The van der Waals surface area contributed by atoms with Crippen molar-refractivity contribution in [3.63, 3.8) is 0 Å². The second-order valence-electron chi connectivity index (χ2n) is 6.68. The molecule has 2 aliphatic rings. The minimum Gasteiger partial charge on any atom is -0.314 e. The molecule has 2 saturated heterocycles. The maximum atomic E-state index is 4.52. The van der Waals surface area contributed by atoms with Crippen LogP contribution in [0.3, 0.4) is 0 Å². The van der Waals surface area contributed by atoms with E-state index in [-0.39, 0.29) is 0 Å². The Morgan fingerprint density at radius 3 is 2.55 bits per heavy atom. The van der Waals surface area contributed by atoms with Gasteiger partial charge in [0.15, 0.2) is 0 Å². The maximum absolute atomic E-state index is 4.52. The molecule has 0 spiro atoms. The molecule has 3 rings (SSSR count). The summed E-state index contributed by atoms with van der Waals surface area (Å²) in [4.78, 5) is 2.61. The number of piperidine rings is 1. The molecule has 4 nitrogen and oxygen atoms in total. The van der Waals surface area contributed by atoms with Crippen molar-refractivity contribution in [3.05, 3.63) is 17.5 Å². The highest BCUT2D eigenvalue weighted by Crippen LogP contribution is 2.34. The number of aromatic nitrogens is 2. The lowest BCUT2D eigenvalue weighted by atomic mass is 9.98. The number of nitrogens with one attached hydrogen (secondary N) is 1. The monoisotopic (exact) mass is 276 g/mol. The average Bonchev–Trinajstić information content (AvgIpc) is 2.82. The van der Waals surface area contributed by atoms with Crippen LogP contribution in [0.5, 0.6) is 0 Å². The zero-order valence-corrected chi connectivity index (χ0v) is 13.1. The predicted octanol–water partition coefficient (Wildman–Crippen LogP) is 2.10. The van der Waals surface area contributed by atoms with E-state index in [2.05, 4.69) is 47.0 Å². The fraction of sp³-hybridized carbons (Fsp3) is 0.812. The van der Waals surface area contributed by atoms with Crippen molar-refractivity contribution in [1.82, 2.24) is 20.0 Å². The van der Waals surface area contributed by atoms with Gasteiger partial charge in [-0.1, -0.05) is 0 Å². The zero-order valence-electron chi connectivity index (χ0n) is 13.1.